The SMILES string of the molecule is O=C(COc1ccccc1)c1ccc(F)cc1Cl. The molecule has 0 amide bonds. The van der Waals surface area contributed by atoms with Crippen molar-refractivity contribution >= 4 is 17.4 Å². The predicted octanol–water partition coefficient (Wildman–Crippen LogP) is 3.74. The first-order chi connectivity index (χ1) is 8.66. The minimum atomic E-state index is -0.472. The van der Waals surface area contributed by atoms with Crippen LogP contribution in [-0.2, 0) is 0 Å². The average Bonchev–Trinajstić information content (AvgIpc) is 2.37. The summed E-state index contributed by atoms with van der Waals surface area (Å²) in [6, 6.07) is 12.6. The van der Waals surface area contributed by atoms with Crippen molar-refractivity contribution in [3.63, 3.8) is 0 Å². The van der Waals surface area contributed by atoms with E-state index in [4.69, 9.17) is 16.3 Å². The van der Waals surface area contributed by atoms with E-state index in [1.54, 1.807) is 12.1 Å². The number of Topliss-reactive ketones (excluding diaryl/α,β-unsaturated/α-hetero) is 1. The number of halogens is 2. The molecular formula is C14H10ClFO2. The van der Waals surface area contributed by atoms with Crippen LogP contribution >= 0.6 is 11.6 Å². The van der Waals surface area contributed by atoms with Crippen molar-refractivity contribution in [1.82, 2.24) is 0 Å². The summed E-state index contributed by atoms with van der Waals surface area (Å²) in [5.41, 5.74) is 0.258. The molecule has 0 fully saturated rings. The van der Waals surface area contributed by atoms with E-state index in [0.29, 0.717) is 5.75 Å². The largest absolute Gasteiger partial charge is 0.485 e. The van der Waals surface area contributed by atoms with Gasteiger partial charge in [0.1, 0.15) is 11.6 Å². The number of benzene rings is 2. The van der Waals surface area contributed by atoms with Crippen molar-refractivity contribution in [2.75, 3.05) is 6.61 Å². The Hall–Kier alpha value is -1.87. The molecule has 0 N–H and O–H groups in total. The van der Waals surface area contributed by atoms with Gasteiger partial charge in [0, 0.05) is 5.56 Å². The average molecular weight is 265 g/mol. The summed E-state index contributed by atoms with van der Waals surface area (Å²) in [4.78, 5) is 11.8. The second-order valence-corrected chi connectivity index (χ2v) is 4.06. The third kappa shape index (κ3) is 3.08. The maximum absolute atomic E-state index is 12.8. The van der Waals surface area contributed by atoms with Crippen LogP contribution in [0.3, 0.4) is 0 Å². The fraction of sp³-hybridized carbons (Fsp3) is 0.0714. The highest BCUT2D eigenvalue weighted by molar-refractivity contribution is 6.34. The van der Waals surface area contributed by atoms with Crippen LogP contribution in [0.15, 0.2) is 48.5 Å². The van der Waals surface area contributed by atoms with Crippen LogP contribution in [0.2, 0.25) is 5.02 Å². The van der Waals surface area contributed by atoms with Gasteiger partial charge >= 0.3 is 0 Å². The molecule has 0 saturated heterocycles. The molecule has 0 aliphatic rings. The topological polar surface area (TPSA) is 26.3 Å². The molecule has 0 aromatic heterocycles. The molecule has 0 heterocycles. The normalized spacial score (nSPS) is 10.1. The lowest BCUT2D eigenvalue weighted by atomic mass is 10.1. The zero-order valence-corrected chi connectivity index (χ0v) is 10.2. The fourth-order valence-electron chi connectivity index (χ4n) is 1.46. The van der Waals surface area contributed by atoms with E-state index in [2.05, 4.69) is 0 Å². The van der Waals surface area contributed by atoms with Crippen LogP contribution in [0, 0.1) is 5.82 Å². The Balaban J connectivity index is 2.04. The first kappa shape index (κ1) is 12.6. The molecule has 0 saturated carbocycles. The molecule has 0 aliphatic heterocycles. The van der Waals surface area contributed by atoms with Gasteiger partial charge < -0.3 is 4.74 Å². The Bertz CT molecular complexity index is 555. The van der Waals surface area contributed by atoms with Crippen molar-refractivity contribution in [2.45, 2.75) is 0 Å². The summed E-state index contributed by atoms with van der Waals surface area (Å²) in [7, 11) is 0. The predicted molar refractivity (Wildman–Crippen MR) is 67.7 cm³/mol. The molecule has 0 spiro atoms. The highest BCUT2D eigenvalue weighted by Gasteiger charge is 2.11. The van der Waals surface area contributed by atoms with Crippen molar-refractivity contribution < 1.29 is 13.9 Å². The number of ketones is 1. The maximum Gasteiger partial charge on any atom is 0.201 e. The van der Waals surface area contributed by atoms with Crippen molar-refractivity contribution in [1.29, 1.82) is 0 Å². The summed E-state index contributed by atoms with van der Waals surface area (Å²) < 4.78 is 18.1. The van der Waals surface area contributed by atoms with E-state index in [9.17, 15) is 9.18 Å². The van der Waals surface area contributed by atoms with E-state index in [-0.39, 0.29) is 23.0 Å². The molecule has 2 nitrogen and oxygen atoms in total. The first-order valence-corrected chi connectivity index (χ1v) is 5.71. The Morgan fingerprint density at radius 2 is 1.89 bits per heavy atom. The number of hydrogen-bond donors (Lipinski definition) is 0. The van der Waals surface area contributed by atoms with Gasteiger partial charge in [0.15, 0.2) is 6.61 Å². The number of carbonyl (C=O) groups excluding carboxylic acids is 1. The highest BCUT2D eigenvalue weighted by Crippen LogP contribution is 2.18. The Kier molecular flexibility index (Phi) is 3.95. The second kappa shape index (κ2) is 5.65. The van der Waals surface area contributed by atoms with Crippen molar-refractivity contribution in [3.8, 4) is 5.75 Å². The summed E-state index contributed by atoms with van der Waals surface area (Å²) in [6.07, 6.45) is 0. The number of carbonyl (C=O) groups is 1. The van der Waals surface area contributed by atoms with Gasteiger partial charge in [-0.2, -0.15) is 0 Å². The Morgan fingerprint density at radius 1 is 1.17 bits per heavy atom. The molecule has 0 unspecified atom stereocenters. The van der Waals surface area contributed by atoms with E-state index in [1.165, 1.54) is 12.1 Å². The summed E-state index contributed by atoms with van der Waals surface area (Å²) in [6.45, 7) is -0.130. The third-order valence-corrected chi connectivity index (χ3v) is 2.66. The Labute approximate surface area is 109 Å². The molecule has 2 aromatic carbocycles. The van der Waals surface area contributed by atoms with Crippen LogP contribution in [0.4, 0.5) is 4.39 Å². The van der Waals surface area contributed by atoms with Crippen LogP contribution in [0.5, 0.6) is 5.75 Å². The molecule has 2 aromatic rings. The quantitative estimate of drug-likeness (QED) is 0.787. The molecule has 0 aliphatic carbocycles. The minimum Gasteiger partial charge on any atom is -0.485 e. The molecular weight excluding hydrogens is 255 g/mol. The fourth-order valence-corrected chi connectivity index (χ4v) is 1.73. The summed E-state index contributed by atoms with van der Waals surface area (Å²) in [5.74, 6) is -0.159. The van der Waals surface area contributed by atoms with Gasteiger partial charge in [0.05, 0.1) is 5.02 Å². The van der Waals surface area contributed by atoms with Gasteiger partial charge in [0.25, 0.3) is 0 Å². The van der Waals surface area contributed by atoms with Gasteiger partial charge in [0.2, 0.25) is 5.78 Å². The molecule has 2 rings (SSSR count). The smallest absolute Gasteiger partial charge is 0.201 e. The zero-order valence-electron chi connectivity index (χ0n) is 9.40. The molecule has 0 radical (unpaired) electrons. The van der Waals surface area contributed by atoms with Crippen molar-refractivity contribution in [3.05, 3.63) is 64.9 Å². The lowest BCUT2D eigenvalue weighted by Crippen LogP contribution is -2.12. The zero-order chi connectivity index (χ0) is 13.0. The third-order valence-electron chi connectivity index (χ3n) is 2.34. The van der Waals surface area contributed by atoms with Gasteiger partial charge in [-0.25, -0.2) is 4.39 Å². The number of hydrogen-bond acceptors (Lipinski definition) is 2. The summed E-state index contributed by atoms with van der Waals surface area (Å²) >= 11 is 5.79. The van der Waals surface area contributed by atoms with Crippen LogP contribution in [0.1, 0.15) is 10.4 Å². The molecule has 0 atom stereocenters. The van der Waals surface area contributed by atoms with Crippen LogP contribution in [-0.4, -0.2) is 12.4 Å². The standard InChI is InChI=1S/C14H10ClFO2/c15-13-8-10(16)6-7-12(13)14(17)9-18-11-4-2-1-3-5-11/h1-8H,9H2. The Morgan fingerprint density at radius 3 is 2.56 bits per heavy atom. The van der Waals surface area contributed by atoms with Gasteiger partial charge in [-0.15, -0.1) is 0 Å². The van der Waals surface area contributed by atoms with E-state index in [1.807, 2.05) is 18.2 Å². The molecule has 92 valence electrons. The lowest BCUT2D eigenvalue weighted by Gasteiger charge is -2.06. The molecule has 4 heteroatoms. The van der Waals surface area contributed by atoms with Gasteiger partial charge in [-0.1, -0.05) is 29.8 Å². The van der Waals surface area contributed by atoms with Crippen molar-refractivity contribution in [2.24, 2.45) is 0 Å². The lowest BCUT2D eigenvalue weighted by molar-refractivity contribution is 0.0921. The second-order valence-electron chi connectivity index (χ2n) is 3.65. The first-order valence-electron chi connectivity index (χ1n) is 5.33. The van der Waals surface area contributed by atoms with E-state index < -0.39 is 5.82 Å². The van der Waals surface area contributed by atoms with Crippen LogP contribution < -0.4 is 4.74 Å². The molecule has 0 bridgehead atoms. The van der Waals surface area contributed by atoms with E-state index in [0.717, 1.165) is 6.07 Å². The maximum atomic E-state index is 12.8. The number of para-hydroxylation sites is 1. The van der Waals surface area contributed by atoms with Gasteiger partial charge in [-0.05, 0) is 30.3 Å². The van der Waals surface area contributed by atoms with Crippen LogP contribution in [0.25, 0.3) is 0 Å². The van der Waals surface area contributed by atoms with Gasteiger partial charge in [-0.3, -0.25) is 4.79 Å². The molecule has 18 heavy (non-hydrogen) atoms. The minimum absolute atomic E-state index is 0.0941. The number of rotatable bonds is 4. The van der Waals surface area contributed by atoms with E-state index >= 15 is 0 Å². The summed E-state index contributed by atoms with van der Waals surface area (Å²) in [5, 5.41) is 0.0941. The monoisotopic (exact) mass is 264 g/mol. The highest BCUT2D eigenvalue weighted by atomic mass is 35.5. The number of ether oxygens (including phenoxy) is 1.